The molecule has 25 heavy (non-hydrogen) atoms. The van der Waals surface area contributed by atoms with Crippen molar-refractivity contribution in [2.45, 2.75) is 6.10 Å². The van der Waals surface area contributed by atoms with Crippen molar-refractivity contribution in [3.63, 3.8) is 0 Å². The van der Waals surface area contributed by atoms with Crippen molar-refractivity contribution < 1.29 is 9.13 Å². The van der Waals surface area contributed by atoms with E-state index in [1.54, 1.807) is 30.7 Å². The normalized spacial score (nSPS) is 17.5. The molecule has 0 amide bonds. The minimum absolute atomic E-state index is 0.125. The molecule has 0 N–H and O–H groups in total. The second-order valence-corrected chi connectivity index (χ2v) is 5.84. The minimum atomic E-state index is -0.246. The van der Waals surface area contributed by atoms with Gasteiger partial charge in [0.25, 0.3) is 0 Å². The fraction of sp³-hybridized carbons (Fsp3) is 0.211. The van der Waals surface area contributed by atoms with Crippen LogP contribution in [0, 0.1) is 5.82 Å². The zero-order chi connectivity index (χ0) is 17.1. The van der Waals surface area contributed by atoms with Gasteiger partial charge in [0.15, 0.2) is 0 Å². The van der Waals surface area contributed by atoms with E-state index in [4.69, 9.17) is 4.74 Å². The maximum atomic E-state index is 13.1. The molecule has 1 atom stereocenters. The largest absolute Gasteiger partial charge is 0.370 e. The Morgan fingerprint density at radius 2 is 1.96 bits per heavy atom. The predicted octanol–water partition coefficient (Wildman–Crippen LogP) is 3.26. The zero-order valence-corrected chi connectivity index (χ0v) is 13.5. The van der Waals surface area contributed by atoms with E-state index in [0.29, 0.717) is 25.6 Å². The van der Waals surface area contributed by atoms with Crippen molar-refractivity contribution in [1.82, 2.24) is 15.0 Å². The van der Waals surface area contributed by atoms with E-state index in [9.17, 15) is 4.39 Å². The van der Waals surface area contributed by atoms with Gasteiger partial charge in [-0.2, -0.15) is 0 Å². The number of halogens is 1. The first-order valence-corrected chi connectivity index (χ1v) is 8.15. The van der Waals surface area contributed by atoms with Crippen molar-refractivity contribution in [2.75, 3.05) is 24.6 Å². The molecule has 0 saturated carbocycles. The maximum Gasteiger partial charge on any atom is 0.226 e. The first-order chi connectivity index (χ1) is 12.3. The Hall–Kier alpha value is -2.86. The molecule has 126 valence electrons. The fourth-order valence-corrected chi connectivity index (χ4v) is 2.89. The summed E-state index contributed by atoms with van der Waals surface area (Å²) in [6.45, 7) is 1.92. The molecule has 1 saturated heterocycles. The Morgan fingerprint density at radius 1 is 1.08 bits per heavy atom. The van der Waals surface area contributed by atoms with Crippen LogP contribution in [0.4, 0.5) is 10.3 Å². The molecular formula is C19H17FN4O. The average Bonchev–Trinajstić information content (AvgIpc) is 2.69. The molecule has 0 spiro atoms. The van der Waals surface area contributed by atoms with E-state index < -0.39 is 0 Å². The monoisotopic (exact) mass is 336 g/mol. The van der Waals surface area contributed by atoms with Gasteiger partial charge in [0.2, 0.25) is 5.95 Å². The standard InChI is InChI=1S/C19H17FN4O/c20-16-5-3-14(4-6-16)18-13-24(10-11-25-18)19-22-9-7-17(23-19)15-2-1-8-21-12-15/h1-9,12,18H,10-11,13H2/t18-/m1/s1. The third-order valence-corrected chi connectivity index (χ3v) is 4.19. The minimum Gasteiger partial charge on any atom is -0.370 e. The van der Waals surface area contributed by atoms with Gasteiger partial charge in [-0.25, -0.2) is 14.4 Å². The number of aromatic nitrogens is 3. The molecule has 0 unspecified atom stereocenters. The summed E-state index contributed by atoms with van der Waals surface area (Å²) in [7, 11) is 0. The van der Waals surface area contributed by atoms with Crippen LogP contribution in [0.25, 0.3) is 11.3 Å². The van der Waals surface area contributed by atoms with Gasteiger partial charge in [-0.1, -0.05) is 12.1 Å². The van der Waals surface area contributed by atoms with Crippen molar-refractivity contribution in [3.05, 3.63) is 72.4 Å². The Morgan fingerprint density at radius 3 is 2.76 bits per heavy atom. The summed E-state index contributed by atoms with van der Waals surface area (Å²) in [6.07, 6.45) is 5.15. The highest BCUT2D eigenvalue weighted by Gasteiger charge is 2.24. The van der Waals surface area contributed by atoms with Gasteiger partial charge >= 0.3 is 0 Å². The van der Waals surface area contributed by atoms with Crippen LogP contribution in [0.2, 0.25) is 0 Å². The molecule has 2 aromatic heterocycles. The fourth-order valence-electron chi connectivity index (χ4n) is 2.89. The van der Waals surface area contributed by atoms with Crippen LogP contribution in [0.15, 0.2) is 61.1 Å². The van der Waals surface area contributed by atoms with E-state index in [-0.39, 0.29) is 11.9 Å². The number of hydrogen-bond donors (Lipinski definition) is 0. The first kappa shape index (κ1) is 15.7. The van der Waals surface area contributed by atoms with Crippen LogP contribution in [0.5, 0.6) is 0 Å². The Labute approximate surface area is 145 Å². The summed E-state index contributed by atoms with van der Waals surface area (Å²) in [6, 6.07) is 12.2. The Kier molecular flexibility index (Phi) is 4.35. The summed E-state index contributed by atoms with van der Waals surface area (Å²) in [5.41, 5.74) is 2.74. The highest BCUT2D eigenvalue weighted by atomic mass is 19.1. The third-order valence-electron chi connectivity index (χ3n) is 4.19. The maximum absolute atomic E-state index is 13.1. The van der Waals surface area contributed by atoms with Crippen molar-refractivity contribution in [2.24, 2.45) is 0 Å². The van der Waals surface area contributed by atoms with Crippen molar-refractivity contribution in [1.29, 1.82) is 0 Å². The number of hydrogen-bond acceptors (Lipinski definition) is 5. The molecule has 0 radical (unpaired) electrons. The number of nitrogens with zero attached hydrogens (tertiary/aromatic N) is 4. The van der Waals surface area contributed by atoms with Gasteiger partial charge in [-0.15, -0.1) is 0 Å². The summed E-state index contributed by atoms with van der Waals surface area (Å²) in [5, 5.41) is 0. The highest BCUT2D eigenvalue weighted by molar-refractivity contribution is 5.58. The van der Waals surface area contributed by atoms with E-state index in [1.807, 2.05) is 18.2 Å². The van der Waals surface area contributed by atoms with E-state index in [1.165, 1.54) is 12.1 Å². The average molecular weight is 336 g/mol. The van der Waals surface area contributed by atoms with Crippen LogP contribution >= 0.6 is 0 Å². The summed E-state index contributed by atoms with van der Waals surface area (Å²) in [4.78, 5) is 15.3. The summed E-state index contributed by atoms with van der Waals surface area (Å²) >= 11 is 0. The summed E-state index contributed by atoms with van der Waals surface area (Å²) < 4.78 is 19.0. The third kappa shape index (κ3) is 3.49. The lowest BCUT2D eigenvalue weighted by atomic mass is 10.1. The molecule has 0 aliphatic carbocycles. The molecule has 1 aliphatic heterocycles. The summed E-state index contributed by atoms with van der Waals surface area (Å²) in [5.74, 6) is 0.417. The molecular weight excluding hydrogens is 319 g/mol. The molecule has 1 aromatic carbocycles. The van der Waals surface area contributed by atoms with Crippen molar-refractivity contribution >= 4 is 5.95 Å². The number of ether oxygens (including phenoxy) is 1. The number of benzene rings is 1. The Balaban J connectivity index is 1.56. The molecule has 1 fully saturated rings. The molecule has 6 heteroatoms. The lowest BCUT2D eigenvalue weighted by Crippen LogP contribution is -2.39. The van der Waals surface area contributed by atoms with Gasteiger partial charge in [0.1, 0.15) is 11.9 Å². The van der Waals surface area contributed by atoms with Gasteiger partial charge in [0, 0.05) is 30.7 Å². The molecule has 0 bridgehead atoms. The number of rotatable bonds is 3. The van der Waals surface area contributed by atoms with Gasteiger partial charge in [0.05, 0.1) is 18.8 Å². The van der Waals surface area contributed by atoms with Crippen LogP contribution < -0.4 is 4.90 Å². The number of pyridine rings is 1. The molecule has 4 rings (SSSR count). The zero-order valence-electron chi connectivity index (χ0n) is 13.5. The lowest BCUT2D eigenvalue weighted by Gasteiger charge is -2.33. The lowest BCUT2D eigenvalue weighted by molar-refractivity contribution is 0.0392. The highest BCUT2D eigenvalue weighted by Crippen LogP contribution is 2.25. The van der Waals surface area contributed by atoms with E-state index in [0.717, 1.165) is 16.8 Å². The van der Waals surface area contributed by atoms with E-state index >= 15 is 0 Å². The van der Waals surface area contributed by atoms with Crippen LogP contribution in [0.1, 0.15) is 11.7 Å². The molecule has 5 nitrogen and oxygen atoms in total. The van der Waals surface area contributed by atoms with Crippen LogP contribution in [-0.2, 0) is 4.74 Å². The Bertz CT molecular complexity index is 842. The van der Waals surface area contributed by atoms with Crippen molar-refractivity contribution in [3.8, 4) is 11.3 Å². The van der Waals surface area contributed by atoms with Gasteiger partial charge in [-0.3, -0.25) is 4.98 Å². The molecule has 3 aromatic rings. The predicted molar refractivity (Wildman–Crippen MR) is 92.6 cm³/mol. The quantitative estimate of drug-likeness (QED) is 0.735. The SMILES string of the molecule is Fc1ccc([C@H]2CN(c3nccc(-c4cccnc4)n3)CCO2)cc1. The van der Waals surface area contributed by atoms with Crippen LogP contribution in [0.3, 0.4) is 0 Å². The van der Waals surface area contributed by atoms with E-state index in [2.05, 4.69) is 19.9 Å². The van der Waals surface area contributed by atoms with Crippen LogP contribution in [-0.4, -0.2) is 34.6 Å². The second kappa shape index (κ2) is 6.94. The molecule has 1 aliphatic rings. The smallest absolute Gasteiger partial charge is 0.226 e. The second-order valence-electron chi connectivity index (χ2n) is 5.84. The molecule has 3 heterocycles. The van der Waals surface area contributed by atoms with Gasteiger partial charge in [-0.05, 0) is 35.9 Å². The topological polar surface area (TPSA) is 51.1 Å². The first-order valence-electron chi connectivity index (χ1n) is 8.15. The number of morpholine rings is 1. The van der Waals surface area contributed by atoms with Gasteiger partial charge < -0.3 is 9.64 Å². The number of anilines is 1.